The molecule has 0 fully saturated rings. The number of sulfone groups is 2. The van der Waals surface area contributed by atoms with Crippen molar-refractivity contribution in [2.24, 2.45) is 16.6 Å². The normalized spacial score (nSPS) is 14.9. The number of carbonyl (C=O) groups excluding carboxylic acids is 2. The Bertz CT molecular complexity index is 2360. The van der Waals surface area contributed by atoms with Gasteiger partial charge >= 0.3 is 0 Å². The maximum absolute atomic E-state index is 13.6. The van der Waals surface area contributed by atoms with Gasteiger partial charge in [0.25, 0.3) is 0 Å². The molecule has 1 aliphatic carbocycles. The standard InChI is InChI=1S/C41H38F2N2O6S2/c1-3-27(25-53(50,51)35-21-15-31(16-22-35)30-13-19-33(43)20-14-30)24-34(45-39-38(44)40(46)36-9-5-6-10-37(36)41(39)47)26-52(48,49)23-7-8-28(4-2)29-11-17-32(42)18-12-29/h4-22,27H,3,23-26,44H2,1-2H3/b8-7-,28-4+,45-34+/t27-/m0/s1. The number of nitrogens with two attached hydrogens (primary N) is 1. The van der Waals surface area contributed by atoms with Crippen LogP contribution in [0.2, 0.25) is 0 Å². The summed E-state index contributed by atoms with van der Waals surface area (Å²) in [6.07, 6.45) is 5.00. The van der Waals surface area contributed by atoms with E-state index in [9.17, 15) is 35.2 Å². The van der Waals surface area contributed by atoms with Crippen LogP contribution in [0.5, 0.6) is 0 Å². The van der Waals surface area contributed by atoms with Crippen LogP contribution in [0.25, 0.3) is 16.7 Å². The van der Waals surface area contributed by atoms with Gasteiger partial charge in [0.05, 0.1) is 22.2 Å². The first-order valence-corrected chi connectivity index (χ1v) is 20.3. The predicted molar refractivity (Wildman–Crippen MR) is 204 cm³/mol. The maximum Gasteiger partial charge on any atom is 0.214 e. The Hall–Kier alpha value is -5.33. The van der Waals surface area contributed by atoms with Crippen molar-refractivity contribution in [2.45, 2.75) is 31.6 Å². The zero-order valence-corrected chi connectivity index (χ0v) is 30.8. The molecule has 12 heteroatoms. The number of hydrogen-bond donors (Lipinski definition) is 1. The van der Waals surface area contributed by atoms with Gasteiger partial charge in [0.2, 0.25) is 11.6 Å². The number of aliphatic imine (C=N–C) groups is 1. The number of rotatable bonds is 14. The van der Waals surface area contributed by atoms with E-state index in [-0.39, 0.29) is 33.9 Å². The molecule has 4 aromatic rings. The van der Waals surface area contributed by atoms with Gasteiger partial charge in [0, 0.05) is 16.8 Å². The second kappa shape index (κ2) is 16.6. The largest absolute Gasteiger partial charge is 0.394 e. The van der Waals surface area contributed by atoms with Crippen LogP contribution in [0.4, 0.5) is 8.78 Å². The topological polar surface area (TPSA) is 141 Å². The Balaban J connectivity index is 1.42. The van der Waals surface area contributed by atoms with Gasteiger partial charge in [-0.15, -0.1) is 0 Å². The molecular weight excluding hydrogens is 719 g/mol. The quantitative estimate of drug-likeness (QED) is 0.103. The number of carbonyl (C=O) groups is 2. The van der Waals surface area contributed by atoms with Gasteiger partial charge in [-0.05, 0) is 77.9 Å². The second-order valence-corrected chi connectivity index (χ2v) is 16.8. The van der Waals surface area contributed by atoms with Crippen molar-refractivity contribution in [3.8, 4) is 11.1 Å². The summed E-state index contributed by atoms with van der Waals surface area (Å²) in [5, 5.41) is 0. The maximum atomic E-state index is 13.6. The highest BCUT2D eigenvalue weighted by Crippen LogP contribution is 2.28. The molecule has 0 aliphatic heterocycles. The van der Waals surface area contributed by atoms with Crippen LogP contribution in [0.1, 0.15) is 53.0 Å². The highest BCUT2D eigenvalue weighted by atomic mass is 32.2. The first kappa shape index (κ1) is 38.9. The third-order valence-corrected chi connectivity index (χ3v) is 12.2. The zero-order valence-electron chi connectivity index (χ0n) is 29.1. The van der Waals surface area contributed by atoms with E-state index in [1.807, 2.05) is 0 Å². The molecule has 0 radical (unpaired) electrons. The molecule has 0 spiro atoms. The van der Waals surface area contributed by atoms with Crippen LogP contribution in [-0.2, 0) is 19.7 Å². The molecule has 0 bridgehead atoms. The highest BCUT2D eigenvalue weighted by molar-refractivity contribution is 7.92. The van der Waals surface area contributed by atoms with Crippen LogP contribution in [-0.4, -0.2) is 51.4 Å². The van der Waals surface area contributed by atoms with Crippen LogP contribution in [0, 0.1) is 17.6 Å². The van der Waals surface area contributed by atoms with Gasteiger partial charge < -0.3 is 5.73 Å². The lowest BCUT2D eigenvalue weighted by Gasteiger charge is -2.20. The molecule has 1 aliphatic rings. The molecule has 4 aromatic carbocycles. The van der Waals surface area contributed by atoms with Crippen molar-refractivity contribution in [2.75, 3.05) is 17.3 Å². The molecule has 0 aromatic heterocycles. The Morgan fingerprint density at radius 3 is 1.91 bits per heavy atom. The molecule has 0 saturated carbocycles. The van der Waals surface area contributed by atoms with Gasteiger partial charge in [-0.25, -0.2) is 25.6 Å². The van der Waals surface area contributed by atoms with Crippen molar-refractivity contribution in [1.82, 2.24) is 0 Å². The van der Waals surface area contributed by atoms with Crippen LogP contribution in [0.3, 0.4) is 0 Å². The average molecular weight is 757 g/mol. The molecule has 53 heavy (non-hydrogen) atoms. The first-order valence-electron chi connectivity index (χ1n) is 16.8. The van der Waals surface area contributed by atoms with E-state index in [2.05, 4.69) is 4.99 Å². The lowest BCUT2D eigenvalue weighted by Crippen LogP contribution is -2.28. The molecule has 0 amide bonds. The molecule has 0 unspecified atom stereocenters. The molecule has 1 atom stereocenters. The van der Waals surface area contributed by atoms with E-state index in [4.69, 9.17) is 5.73 Å². The van der Waals surface area contributed by atoms with Gasteiger partial charge in [-0.3, -0.25) is 14.6 Å². The second-order valence-electron chi connectivity index (χ2n) is 12.6. The number of Topliss-reactive ketones (excluding diaryl/α,β-unsaturated/α-hetero) is 2. The fourth-order valence-corrected chi connectivity index (χ4v) is 8.90. The van der Waals surface area contributed by atoms with E-state index in [1.54, 1.807) is 74.5 Å². The molecule has 5 rings (SSSR count). The van der Waals surface area contributed by atoms with E-state index >= 15 is 0 Å². The minimum Gasteiger partial charge on any atom is -0.394 e. The van der Waals surface area contributed by atoms with E-state index in [0.29, 0.717) is 28.7 Å². The summed E-state index contributed by atoms with van der Waals surface area (Å²) in [7, 11) is -7.84. The zero-order chi connectivity index (χ0) is 38.3. The van der Waals surface area contributed by atoms with Crippen LogP contribution >= 0.6 is 0 Å². The summed E-state index contributed by atoms with van der Waals surface area (Å²) in [5.74, 6) is -4.11. The van der Waals surface area contributed by atoms with Gasteiger partial charge in [-0.1, -0.05) is 92.2 Å². The average Bonchev–Trinajstić information content (AvgIpc) is 3.14. The lowest BCUT2D eigenvalue weighted by molar-refractivity contribution is 0.0972. The molecule has 274 valence electrons. The number of benzene rings is 4. The number of fused-ring (bicyclic) bond motifs is 1. The summed E-state index contributed by atoms with van der Waals surface area (Å²) in [6.45, 7) is 3.53. The summed E-state index contributed by atoms with van der Waals surface area (Å²) in [4.78, 5) is 31.1. The minimum absolute atomic E-state index is 0.0182. The number of allylic oxidation sites excluding steroid dienone is 5. The first-order chi connectivity index (χ1) is 25.2. The molecule has 8 nitrogen and oxygen atoms in total. The number of halogens is 2. The Morgan fingerprint density at radius 1 is 0.792 bits per heavy atom. The van der Waals surface area contributed by atoms with E-state index in [0.717, 1.165) is 0 Å². The fraction of sp³-hybridized carbons (Fsp3) is 0.195. The van der Waals surface area contributed by atoms with E-state index in [1.165, 1.54) is 54.6 Å². The van der Waals surface area contributed by atoms with Crippen molar-refractivity contribution < 1.29 is 35.2 Å². The molecular formula is C41H38F2N2O6S2. The number of hydrogen-bond acceptors (Lipinski definition) is 8. The minimum atomic E-state index is -3.95. The Labute approximate surface area is 308 Å². The van der Waals surface area contributed by atoms with Crippen LogP contribution < -0.4 is 5.73 Å². The smallest absolute Gasteiger partial charge is 0.214 e. The fourth-order valence-electron chi connectivity index (χ4n) is 5.98. The third-order valence-electron chi connectivity index (χ3n) is 8.87. The summed E-state index contributed by atoms with van der Waals surface area (Å²) in [5.41, 5.74) is 8.24. The highest BCUT2D eigenvalue weighted by Gasteiger charge is 2.32. The van der Waals surface area contributed by atoms with Crippen molar-refractivity contribution in [3.63, 3.8) is 0 Å². The van der Waals surface area contributed by atoms with Crippen molar-refractivity contribution in [1.29, 1.82) is 0 Å². The van der Waals surface area contributed by atoms with Crippen molar-refractivity contribution in [3.05, 3.63) is 155 Å². The summed E-state index contributed by atoms with van der Waals surface area (Å²) >= 11 is 0. The predicted octanol–water partition coefficient (Wildman–Crippen LogP) is 7.59. The van der Waals surface area contributed by atoms with Crippen molar-refractivity contribution >= 4 is 42.5 Å². The summed E-state index contributed by atoms with van der Waals surface area (Å²) < 4.78 is 81.2. The monoisotopic (exact) mass is 756 g/mol. The number of ketones is 2. The number of nitrogens with zero attached hydrogens (tertiary/aromatic N) is 1. The van der Waals surface area contributed by atoms with Gasteiger partial charge in [-0.2, -0.15) is 0 Å². The van der Waals surface area contributed by atoms with Gasteiger partial charge in [0.15, 0.2) is 19.7 Å². The Morgan fingerprint density at radius 2 is 1.34 bits per heavy atom. The summed E-state index contributed by atoms with van der Waals surface area (Å²) in [6, 6.07) is 23.8. The van der Waals surface area contributed by atoms with Crippen LogP contribution in [0.15, 0.2) is 137 Å². The molecule has 0 heterocycles. The Kier molecular flexibility index (Phi) is 12.2. The molecule has 2 N–H and O–H groups in total. The van der Waals surface area contributed by atoms with Gasteiger partial charge in [0.1, 0.15) is 23.0 Å². The molecule has 0 saturated heterocycles. The lowest BCUT2D eigenvalue weighted by atomic mass is 9.90. The third kappa shape index (κ3) is 9.57. The van der Waals surface area contributed by atoms with E-state index < -0.39 is 71.7 Å². The SMILES string of the molecule is C/C=C(\C=C/CS(=O)(=O)C/C(C[C@H](CC)CS(=O)(=O)c1ccc(-c2ccc(F)cc2)cc1)=N/C1=C(N)C(=O)c2ccccc2C1=O)c1ccc(F)cc1.